The van der Waals surface area contributed by atoms with E-state index < -0.39 is 18.0 Å². The van der Waals surface area contributed by atoms with Gasteiger partial charge in [-0.15, -0.1) is 0 Å². The van der Waals surface area contributed by atoms with Crippen LogP contribution < -0.4 is 10.6 Å². The molecule has 1 unspecified atom stereocenters. The molecular weight excluding hydrogens is 268 g/mol. The lowest BCUT2D eigenvalue weighted by Gasteiger charge is -2.16. The van der Waals surface area contributed by atoms with Crippen molar-refractivity contribution in [2.75, 3.05) is 5.32 Å². The first-order valence-corrected chi connectivity index (χ1v) is 6.32. The van der Waals surface area contributed by atoms with E-state index in [0.29, 0.717) is 17.1 Å². The number of carbonyl (C=O) groups is 2. The fourth-order valence-corrected chi connectivity index (χ4v) is 1.68. The zero-order valence-electron chi connectivity index (χ0n) is 10.8. The third kappa shape index (κ3) is 5.61. The Balaban J connectivity index is 2.57. The molecule has 0 fully saturated rings. The Labute approximate surface area is 117 Å². The molecule has 1 aromatic rings. The van der Waals surface area contributed by atoms with Crippen LogP contribution in [0.5, 0.6) is 0 Å². The average molecular weight is 285 g/mol. The van der Waals surface area contributed by atoms with Gasteiger partial charge in [-0.3, -0.25) is 0 Å². The predicted molar refractivity (Wildman–Crippen MR) is 74.5 cm³/mol. The van der Waals surface area contributed by atoms with Crippen molar-refractivity contribution in [2.45, 2.75) is 26.3 Å². The first kappa shape index (κ1) is 15.3. The Morgan fingerprint density at radius 1 is 1.26 bits per heavy atom. The molecule has 0 heterocycles. The molecule has 0 spiro atoms. The van der Waals surface area contributed by atoms with Crippen LogP contribution in [0.3, 0.4) is 0 Å². The van der Waals surface area contributed by atoms with Crippen LogP contribution in [0.1, 0.15) is 20.3 Å². The minimum atomic E-state index is -1.04. The van der Waals surface area contributed by atoms with Crippen molar-refractivity contribution in [2.24, 2.45) is 5.92 Å². The summed E-state index contributed by atoms with van der Waals surface area (Å²) in [6.45, 7) is 3.80. The standard InChI is InChI=1S/C13H17ClN2O3/c1-8(2)7-11(12(17)18)16-13(19)15-10-5-3-9(14)4-6-10/h3-6,8,11H,7H2,1-2H3,(H,17,18)(H2,15,16,19). The Bertz CT molecular complexity index is 446. The van der Waals surface area contributed by atoms with Gasteiger partial charge in [0.2, 0.25) is 0 Å². The van der Waals surface area contributed by atoms with Crippen molar-refractivity contribution in [3.05, 3.63) is 29.3 Å². The summed E-state index contributed by atoms with van der Waals surface area (Å²) in [5.41, 5.74) is 0.551. The van der Waals surface area contributed by atoms with Crippen LogP contribution in [-0.4, -0.2) is 23.1 Å². The second kappa shape index (κ2) is 6.99. The number of rotatable bonds is 5. The van der Waals surface area contributed by atoms with Gasteiger partial charge in [0.05, 0.1) is 0 Å². The van der Waals surface area contributed by atoms with Gasteiger partial charge in [-0.2, -0.15) is 0 Å². The van der Waals surface area contributed by atoms with E-state index in [9.17, 15) is 9.59 Å². The molecule has 0 bridgehead atoms. The van der Waals surface area contributed by atoms with Gasteiger partial charge in [0.25, 0.3) is 0 Å². The van der Waals surface area contributed by atoms with Crippen LogP contribution >= 0.6 is 11.6 Å². The Morgan fingerprint density at radius 2 is 1.84 bits per heavy atom. The lowest BCUT2D eigenvalue weighted by molar-refractivity contribution is -0.139. The van der Waals surface area contributed by atoms with Crippen LogP contribution in [0, 0.1) is 5.92 Å². The summed E-state index contributed by atoms with van der Waals surface area (Å²) in [7, 11) is 0. The number of halogens is 1. The number of carboxylic acids is 1. The average Bonchev–Trinajstić information content (AvgIpc) is 2.30. The molecule has 0 aliphatic rings. The molecule has 0 aliphatic heterocycles. The summed E-state index contributed by atoms with van der Waals surface area (Å²) in [5, 5.41) is 14.6. The maximum Gasteiger partial charge on any atom is 0.326 e. The molecule has 2 amide bonds. The van der Waals surface area contributed by atoms with E-state index >= 15 is 0 Å². The van der Waals surface area contributed by atoms with Crippen LogP contribution in [0.15, 0.2) is 24.3 Å². The number of hydrogen-bond donors (Lipinski definition) is 3. The molecule has 3 N–H and O–H groups in total. The van der Waals surface area contributed by atoms with Crippen molar-refractivity contribution in [1.29, 1.82) is 0 Å². The van der Waals surface area contributed by atoms with Gasteiger partial charge in [-0.1, -0.05) is 25.4 Å². The quantitative estimate of drug-likeness (QED) is 0.778. The van der Waals surface area contributed by atoms with Crippen molar-refractivity contribution in [3.8, 4) is 0 Å². The number of amides is 2. The highest BCUT2D eigenvalue weighted by Gasteiger charge is 2.20. The molecule has 5 nitrogen and oxygen atoms in total. The zero-order valence-corrected chi connectivity index (χ0v) is 11.6. The summed E-state index contributed by atoms with van der Waals surface area (Å²) in [6, 6.07) is 5.11. The lowest BCUT2D eigenvalue weighted by atomic mass is 10.0. The number of nitrogens with one attached hydrogen (secondary N) is 2. The van der Waals surface area contributed by atoms with Gasteiger partial charge in [0.15, 0.2) is 0 Å². The fourth-order valence-electron chi connectivity index (χ4n) is 1.55. The van der Waals surface area contributed by atoms with Crippen LogP contribution in [0.4, 0.5) is 10.5 Å². The first-order valence-electron chi connectivity index (χ1n) is 5.94. The maximum atomic E-state index is 11.7. The summed E-state index contributed by atoms with van der Waals surface area (Å²) in [4.78, 5) is 22.7. The highest BCUT2D eigenvalue weighted by Crippen LogP contribution is 2.13. The monoisotopic (exact) mass is 284 g/mol. The predicted octanol–water partition coefficient (Wildman–Crippen LogP) is 2.96. The number of urea groups is 1. The molecule has 19 heavy (non-hydrogen) atoms. The van der Waals surface area contributed by atoms with Gasteiger partial charge < -0.3 is 15.7 Å². The molecule has 0 radical (unpaired) electrons. The molecule has 6 heteroatoms. The number of benzene rings is 1. The van der Waals surface area contributed by atoms with Crippen LogP contribution in [0.2, 0.25) is 5.02 Å². The molecule has 0 aliphatic carbocycles. The minimum absolute atomic E-state index is 0.178. The maximum absolute atomic E-state index is 11.7. The van der Waals surface area contributed by atoms with E-state index in [-0.39, 0.29) is 5.92 Å². The van der Waals surface area contributed by atoms with Crippen LogP contribution in [0.25, 0.3) is 0 Å². The number of carboxylic acid groups (broad SMARTS) is 1. The van der Waals surface area contributed by atoms with E-state index in [1.165, 1.54) is 0 Å². The van der Waals surface area contributed by atoms with Gasteiger partial charge in [0.1, 0.15) is 6.04 Å². The Hall–Kier alpha value is -1.75. The smallest absolute Gasteiger partial charge is 0.326 e. The largest absolute Gasteiger partial charge is 0.480 e. The van der Waals surface area contributed by atoms with Gasteiger partial charge in [-0.05, 0) is 36.6 Å². The Morgan fingerprint density at radius 3 is 2.32 bits per heavy atom. The lowest BCUT2D eigenvalue weighted by Crippen LogP contribution is -2.43. The van der Waals surface area contributed by atoms with Gasteiger partial charge in [0, 0.05) is 10.7 Å². The highest BCUT2D eigenvalue weighted by molar-refractivity contribution is 6.30. The van der Waals surface area contributed by atoms with Crippen molar-refractivity contribution >= 4 is 29.3 Å². The molecule has 1 atom stereocenters. The first-order chi connectivity index (χ1) is 8.88. The van der Waals surface area contributed by atoms with Crippen molar-refractivity contribution in [3.63, 3.8) is 0 Å². The second-order valence-corrected chi connectivity index (χ2v) is 5.06. The summed E-state index contributed by atoms with van der Waals surface area (Å²) >= 11 is 5.73. The third-order valence-corrected chi connectivity index (χ3v) is 2.66. The fraction of sp³-hybridized carbons (Fsp3) is 0.385. The third-order valence-electron chi connectivity index (χ3n) is 2.41. The van der Waals surface area contributed by atoms with Crippen molar-refractivity contribution < 1.29 is 14.7 Å². The summed E-state index contributed by atoms with van der Waals surface area (Å²) in [5.74, 6) is -0.864. The van der Waals surface area contributed by atoms with E-state index in [2.05, 4.69) is 10.6 Å². The van der Waals surface area contributed by atoms with Gasteiger partial charge in [-0.25, -0.2) is 9.59 Å². The van der Waals surface area contributed by atoms with Gasteiger partial charge >= 0.3 is 12.0 Å². The van der Waals surface area contributed by atoms with E-state index in [0.717, 1.165) is 0 Å². The van der Waals surface area contributed by atoms with E-state index in [4.69, 9.17) is 16.7 Å². The molecular formula is C13H17ClN2O3. The second-order valence-electron chi connectivity index (χ2n) is 4.63. The van der Waals surface area contributed by atoms with E-state index in [1.807, 2.05) is 13.8 Å². The normalized spacial score (nSPS) is 12.0. The molecule has 0 aromatic heterocycles. The Kier molecular flexibility index (Phi) is 5.63. The molecule has 104 valence electrons. The molecule has 1 aromatic carbocycles. The molecule has 1 rings (SSSR count). The summed E-state index contributed by atoms with van der Waals surface area (Å²) in [6.07, 6.45) is 0.378. The number of aliphatic carboxylic acids is 1. The molecule has 0 saturated carbocycles. The topological polar surface area (TPSA) is 78.4 Å². The SMILES string of the molecule is CC(C)CC(NC(=O)Nc1ccc(Cl)cc1)C(=O)O. The van der Waals surface area contributed by atoms with E-state index in [1.54, 1.807) is 24.3 Å². The summed E-state index contributed by atoms with van der Waals surface area (Å²) < 4.78 is 0. The zero-order chi connectivity index (χ0) is 14.4. The number of hydrogen-bond acceptors (Lipinski definition) is 2. The number of anilines is 1. The number of carbonyl (C=O) groups excluding carboxylic acids is 1. The minimum Gasteiger partial charge on any atom is -0.480 e. The van der Waals surface area contributed by atoms with Crippen LogP contribution in [-0.2, 0) is 4.79 Å². The molecule has 0 saturated heterocycles. The highest BCUT2D eigenvalue weighted by atomic mass is 35.5. The van der Waals surface area contributed by atoms with Crippen molar-refractivity contribution in [1.82, 2.24) is 5.32 Å².